The molecule has 0 atom stereocenters. The van der Waals surface area contributed by atoms with Gasteiger partial charge in [-0.2, -0.15) is 13.2 Å². The zero-order valence-electron chi connectivity index (χ0n) is 10.7. The van der Waals surface area contributed by atoms with Crippen LogP contribution in [-0.2, 0) is 12.1 Å². The van der Waals surface area contributed by atoms with Gasteiger partial charge in [0.1, 0.15) is 0 Å². The van der Waals surface area contributed by atoms with Crippen LogP contribution in [0.3, 0.4) is 0 Å². The summed E-state index contributed by atoms with van der Waals surface area (Å²) < 4.78 is 37.4. The second-order valence-electron chi connectivity index (χ2n) is 4.32. The molecule has 6 heteroatoms. The van der Waals surface area contributed by atoms with Crippen molar-refractivity contribution >= 4 is 23.2 Å². The minimum Gasteiger partial charge on any atom is -0.322 e. The maximum Gasteiger partial charge on any atom is 0.416 e. The van der Waals surface area contributed by atoms with Crippen molar-refractivity contribution in [2.45, 2.75) is 12.1 Å². The topological polar surface area (TPSA) is 29.1 Å². The molecule has 0 unspecified atom stereocenters. The number of nitrogens with one attached hydrogen (secondary N) is 1. The number of anilines is 1. The van der Waals surface area contributed by atoms with Gasteiger partial charge < -0.3 is 5.32 Å². The number of carbonyl (C=O) groups excluding carboxylic acids is 1. The van der Waals surface area contributed by atoms with Crippen LogP contribution in [-0.4, -0.2) is 5.91 Å². The highest BCUT2D eigenvalue weighted by molar-refractivity contribution is 6.17. The first-order valence-corrected chi connectivity index (χ1v) is 6.58. The lowest BCUT2D eigenvalue weighted by molar-refractivity contribution is -0.137. The molecular formula is C15H11ClF3NO. The summed E-state index contributed by atoms with van der Waals surface area (Å²) in [5.41, 5.74) is 0.629. The monoisotopic (exact) mass is 313 g/mol. The highest BCUT2D eigenvalue weighted by atomic mass is 35.5. The van der Waals surface area contributed by atoms with Crippen molar-refractivity contribution in [2.75, 3.05) is 5.32 Å². The molecule has 0 aliphatic heterocycles. The number of amides is 1. The smallest absolute Gasteiger partial charge is 0.322 e. The number of benzene rings is 2. The molecule has 0 saturated carbocycles. The van der Waals surface area contributed by atoms with Crippen molar-refractivity contribution in [1.29, 1.82) is 0 Å². The van der Waals surface area contributed by atoms with Crippen molar-refractivity contribution < 1.29 is 18.0 Å². The summed E-state index contributed by atoms with van der Waals surface area (Å²) in [5.74, 6) is -0.259. The first kappa shape index (κ1) is 15.4. The summed E-state index contributed by atoms with van der Waals surface area (Å²) in [4.78, 5) is 12.0. The standard InChI is InChI=1S/C15H11ClF3NO/c16-9-11-3-1-2-4-13(11)20-14(21)10-5-7-12(8-6-10)15(17,18)19/h1-8H,9H2,(H,20,21). The molecule has 1 N–H and O–H groups in total. The van der Waals surface area contributed by atoms with Crippen molar-refractivity contribution in [1.82, 2.24) is 0 Å². The lowest BCUT2D eigenvalue weighted by Crippen LogP contribution is -2.13. The third kappa shape index (κ3) is 3.76. The zero-order chi connectivity index (χ0) is 15.5. The van der Waals surface area contributed by atoms with Crippen LogP contribution in [0, 0.1) is 0 Å². The molecule has 2 rings (SSSR count). The van der Waals surface area contributed by atoms with Crippen LogP contribution in [0.4, 0.5) is 18.9 Å². The van der Waals surface area contributed by atoms with E-state index in [1.807, 2.05) is 0 Å². The predicted molar refractivity (Wildman–Crippen MR) is 75.4 cm³/mol. The fourth-order valence-corrected chi connectivity index (χ4v) is 2.00. The summed E-state index contributed by atoms with van der Waals surface area (Å²) in [6.07, 6.45) is -4.42. The number of alkyl halides is 4. The van der Waals surface area contributed by atoms with Gasteiger partial charge in [-0.15, -0.1) is 11.6 Å². The quantitative estimate of drug-likeness (QED) is 0.818. The molecule has 0 spiro atoms. The summed E-state index contributed by atoms with van der Waals surface area (Å²) in [5, 5.41) is 2.63. The van der Waals surface area contributed by atoms with Gasteiger partial charge in [0.2, 0.25) is 0 Å². The minimum absolute atomic E-state index is 0.146. The Hall–Kier alpha value is -2.01. The first-order valence-electron chi connectivity index (χ1n) is 6.04. The maximum absolute atomic E-state index is 12.5. The molecule has 0 bridgehead atoms. The van der Waals surface area contributed by atoms with Crippen molar-refractivity contribution in [3.05, 3.63) is 65.2 Å². The SMILES string of the molecule is O=C(Nc1ccccc1CCl)c1ccc(C(F)(F)F)cc1. The molecule has 2 aromatic rings. The van der Waals surface area contributed by atoms with E-state index in [-0.39, 0.29) is 11.4 Å². The average Bonchev–Trinajstić information content (AvgIpc) is 2.47. The van der Waals surface area contributed by atoms with E-state index in [2.05, 4.69) is 5.32 Å². The Balaban J connectivity index is 2.17. The van der Waals surface area contributed by atoms with Gasteiger partial charge >= 0.3 is 6.18 Å². The van der Waals surface area contributed by atoms with Crippen molar-refractivity contribution in [3.63, 3.8) is 0 Å². The van der Waals surface area contributed by atoms with Crippen LogP contribution in [0.1, 0.15) is 21.5 Å². The van der Waals surface area contributed by atoms with Gasteiger partial charge in [0.25, 0.3) is 5.91 Å². The van der Waals surface area contributed by atoms with E-state index in [9.17, 15) is 18.0 Å². The van der Waals surface area contributed by atoms with Crippen LogP contribution in [0.25, 0.3) is 0 Å². The molecule has 21 heavy (non-hydrogen) atoms. The molecule has 1 amide bonds. The summed E-state index contributed by atoms with van der Waals surface area (Å²) in [6.45, 7) is 0. The first-order chi connectivity index (χ1) is 9.91. The van der Waals surface area contributed by atoms with Crippen LogP contribution in [0.15, 0.2) is 48.5 Å². The molecular weight excluding hydrogens is 303 g/mol. The van der Waals surface area contributed by atoms with Gasteiger partial charge in [0, 0.05) is 17.1 Å². The van der Waals surface area contributed by atoms with E-state index in [1.165, 1.54) is 0 Å². The Morgan fingerprint density at radius 1 is 1.05 bits per heavy atom. The van der Waals surface area contributed by atoms with E-state index < -0.39 is 17.6 Å². The van der Waals surface area contributed by atoms with E-state index >= 15 is 0 Å². The minimum atomic E-state index is -4.42. The number of para-hydroxylation sites is 1. The lowest BCUT2D eigenvalue weighted by atomic mass is 10.1. The number of carbonyl (C=O) groups is 1. The fourth-order valence-electron chi connectivity index (χ4n) is 1.76. The Kier molecular flexibility index (Phi) is 4.53. The molecule has 0 aliphatic carbocycles. The molecule has 2 aromatic carbocycles. The number of halogens is 4. The van der Waals surface area contributed by atoms with Gasteiger partial charge in [0.05, 0.1) is 5.56 Å². The summed E-state index contributed by atoms with van der Waals surface area (Å²) >= 11 is 5.76. The average molecular weight is 314 g/mol. The van der Waals surface area contributed by atoms with Gasteiger partial charge in [-0.05, 0) is 35.9 Å². The third-order valence-electron chi connectivity index (χ3n) is 2.88. The molecule has 0 saturated heterocycles. The zero-order valence-corrected chi connectivity index (χ0v) is 11.5. The molecule has 0 fully saturated rings. The number of hydrogen-bond donors (Lipinski definition) is 1. The molecule has 0 radical (unpaired) electrons. The van der Waals surface area contributed by atoms with E-state index in [4.69, 9.17) is 11.6 Å². The van der Waals surface area contributed by atoms with Crippen LogP contribution < -0.4 is 5.32 Å². The highest BCUT2D eigenvalue weighted by Crippen LogP contribution is 2.29. The van der Waals surface area contributed by atoms with E-state index in [1.54, 1.807) is 24.3 Å². The van der Waals surface area contributed by atoms with Crippen LogP contribution >= 0.6 is 11.6 Å². The largest absolute Gasteiger partial charge is 0.416 e. The van der Waals surface area contributed by atoms with Gasteiger partial charge in [-0.25, -0.2) is 0 Å². The second-order valence-corrected chi connectivity index (χ2v) is 4.59. The second kappa shape index (κ2) is 6.18. The number of rotatable bonds is 3. The summed E-state index contributed by atoms with van der Waals surface area (Å²) in [6, 6.07) is 11.0. The molecule has 0 heterocycles. The summed E-state index contributed by atoms with van der Waals surface area (Å²) in [7, 11) is 0. The van der Waals surface area contributed by atoms with Crippen molar-refractivity contribution in [2.24, 2.45) is 0 Å². The lowest BCUT2D eigenvalue weighted by Gasteiger charge is -2.10. The van der Waals surface area contributed by atoms with E-state index in [0.717, 1.165) is 29.8 Å². The molecule has 0 aromatic heterocycles. The van der Waals surface area contributed by atoms with Gasteiger partial charge in [0.15, 0.2) is 0 Å². The van der Waals surface area contributed by atoms with Crippen molar-refractivity contribution in [3.8, 4) is 0 Å². The highest BCUT2D eigenvalue weighted by Gasteiger charge is 2.30. The Labute approximate surface area is 124 Å². The van der Waals surface area contributed by atoms with Gasteiger partial charge in [-0.3, -0.25) is 4.79 Å². The predicted octanol–water partition coefficient (Wildman–Crippen LogP) is 4.70. The number of hydrogen-bond acceptors (Lipinski definition) is 1. The van der Waals surface area contributed by atoms with Crippen LogP contribution in [0.5, 0.6) is 0 Å². The fraction of sp³-hybridized carbons (Fsp3) is 0.133. The third-order valence-corrected chi connectivity index (χ3v) is 3.17. The van der Waals surface area contributed by atoms with E-state index in [0.29, 0.717) is 5.69 Å². The molecule has 2 nitrogen and oxygen atoms in total. The van der Waals surface area contributed by atoms with Gasteiger partial charge in [-0.1, -0.05) is 18.2 Å². The van der Waals surface area contributed by atoms with Crippen LogP contribution in [0.2, 0.25) is 0 Å². The normalized spacial score (nSPS) is 11.2. The maximum atomic E-state index is 12.5. The Morgan fingerprint density at radius 3 is 2.24 bits per heavy atom. The Morgan fingerprint density at radius 2 is 1.67 bits per heavy atom. The molecule has 0 aliphatic rings. The Bertz CT molecular complexity index is 638. The molecule has 110 valence electrons.